The number of thiophene rings is 1. The highest BCUT2D eigenvalue weighted by molar-refractivity contribution is 7.29. The second-order valence-electron chi connectivity index (χ2n) is 7.43. The lowest BCUT2D eigenvalue weighted by atomic mass is 10.2. The maximum atomic E-state index is 12.6. The zero-order valence-corrected chi connectivity index (χ0v) is 20.1. The number of hydrogen-bond donors (Lipinski definition) is 1. The van der Waals surface area contributed by atoms with Crippen LogP contribution in [0.5, 0.6) is 0 Å². The molecule has 170 valence electrons. The Morgan fingerprint density at radius 3 is 2.56 bits per heavy atom. The average Bonchev–Trinajstić information content (AvgIpc) is 3.33. The van der Waals surface area contributed by atoms with E-state index in [0.717, 1.165) is 20.2 Å². The molecule has 0 saturated heterocycles. The van der Waals surface area contributed by atoms with Crippen molar-refractivity contribution in [3.05, 3.63) is 40.8 Å². The highest BCUT2D eigenvalue weighted by atomic mass is 32.1. The quantitative estimate of drug-likeness (QED) is 0.475. The third-order valence-electron chi connectivity index (χ3n) is 4.59. The topological polar surface area (TPSA) is 91.8 Å². The van der Waals surface area contributed by atoms with Crippen molar-refractivity contribution in [3.8, 4) is 0 Å². The number of ether oxygens (including phenoxy) is 1. The van der Waals surface area contributed by atoms with Crippen LogP contribution in [0.3, 0.4) is 0 Å². The Labute approximate surface area is 194 Å². The molecule has 0 bridgehead atoms. The van der Waals surface area contributed by atoms with Gasteiger partial charge in [-0.1, -0.05) is 36.5 Å². The van der Waals surface area contributed by atoms with E-state index in [9.17, 15) is 14.4 Å². The Morgan fingerprint density at radius 1 is 1.16 bits per heavy atom. The lowest BCUT2D eigenvalue weighted by Crippen LogP contribution is -2.40. The van der Waals surface area contributed by atoms with E-state index in [1.807, 2.05) is 57.1 Å². The van der Waals surface area contributed by atoms with Gasteiger partial charge in [0.25, 0.3) is 5.91 Å². The average molecular weight is 475 g/mol. The minimum Gasteiger partial charge on any atom is -0.451 e. The second-order valence-corrected chi connectivity index (χ2v) is 9.47. The molecule has 32 heavy (non-hydrogen) atoms. The Morgan fingerprint density at radius 2 is 1.91 bits per heavy atom. The van der Waals surface area contributed by atoms with Crippen LogP contribution in [-0.4, -0.2) is 61.5 Å². The molecule has 10 heteroatoms. The van der Waals surface area contributed by atoms with Crippen molar-refractivity contribution >= 4 is 60.8 Å². The number of anilines is 2. The number of carbonyl (C=O) groups is 3. The van der Waals surface area contributed by atoms with Gasteiger partial charge in [0.1, 0.15) is 9.71 Å². The third kappa shape index (κ3) is 5.83. The summed E-state index contributed by atoms with van der Waals surface area (Å²) >= 11 is 2.72. The van der Waals surface area contributed by atoms with Crippen molar-refractivity contribution in [2.24, 2.45) is 0 Å². The van der Waals surface area contributed by atoms with Crippen LogP contribution in [-0.2, 0) is 14.3 Å². The van der Waals surface area contributed by atoms with Gasteiger partial charge < -0.3 is 19.9 Å². The van der Waals surface area contributed by atoms with Gasteiger partial charge in [-0.25, -0.2) is 9.78 Å². The van der Waals surface area contributed by atoms with E-state index in [1.165, 1.54) is 27.6 Å². The number of nitrogens with one attached hydrogen (secondary N) is 1. The number of thiazole rings is 1. The molecule has 2 aromatic heterocycles. The molecular formula is C22H26N4O4S2. The first kappa shape index (κ1) is 23.7. The second kappa shape index (κ2) is 10.6. The molecule has 0 radical (unpaired) electrons. The molecular weight excluding hydrogens is 448 g/mol. The maximum absolute atomic E-state index is 12.6. The summed E-state index contributed by atoms with van der Waals surface area (Å²) in [5, 5.41) is 3.68. The van der Waals surface area contributed by atoms with E-state index >= 15 is 0 Å². The summed E-state index contributed by atoms with van der Waals surface area (Å²) in [4.78, 5) is 46.4. The van der Waals surface area contributed by atoms with Gasteiger partial charge in [-0.05, 0) is 31.0 Å². The molecule has 3 aromatic rings. The van der Waals surface area contributed by atoms with Crippen molar-refractivity contribution in [2.75, 3.05) is 44.0 Å². The van der Waals surface area contributed by atoms with Crippen LogP contribution in [0.4, 0.5) is 10.8 Å². The summed E-state index contributed by atoms with van der Waals surface area (Å²) in [6, 6.07) is 9.17. The molecule has 1 N–H and O–H groups in total. The van der Waals surface area contributed by atoms with E-state index < -0.39 is 18.5 Å². The minimum absolute atomic E-state index is 0.107. The van der Waals surface area contributed by atoms with Crippen molar-refractivity contribution in [3.63, 3.8) is 0 Å². The SMILES string of the molecule is CCCN(CC(=O)Nc1ccccc1C)C(=O)COC(=O)c1cc2sc(N(C)C)nc2s1. The predicted octanol–water partition coefficient (Wildman–Crippen LogP) is 3.77. The Balaban J connectivity index is 1.56. The molecule has 0 saturated carbocycles. The number of carbonyl (C=O) groups excluding carboxylic acids is 3. The van der Waals surface area contributed by atoms with Gasteiger partial charge >= 0.3 is 5.97 Å². The number of esters is 1. The van der Waals surface area contributed by atoms with Crippen LogP contribution in [0.25, 0.3) is 9.53 Å². The summed E-state index contributed by atoms with van der Waals surface area (Å²) < 4.78 is 6.13. The van der Waals surface area contributed by atoms with Gasteiger partial charge in [0.05, 0.1) is 11.2 Å². The molecule has 0 aliphatic heterocycles. The van der Waals surface area contributed by atoms with Crippen molar-refractivity contribution < 1.29 is 19.1 Å². The molecule has 3 rings (SSSR count). The highest BCUT2D eigenvalue weighted by Crippen LogP contribution is 2.34. The van der Waals surface area contributed by atoms with Gasteiger partial charge in [0, 0.05) is 26.3 Å². The molecule has 8 nitrogen and oxygen atoms in total. The van der Waals surface area contributed by atoms with Gasteiger partial charge in [0.2, 0.25) is 5.91 Å². The van der Waals surface area contributed by atoms with Gasteiger partial charge in [0.15, 0.2) is 11.7 Å². The summed E-state index contributed by atoms with van der Waals surface area (Å²) in [5.74, 6) is -1.28. The summed E-state index contributed by atoms with van der Waals surface area (Å²) in [7, 11) is 3.82. The molecule has 0 unspecified atom stereocenters. The van der Waals surface area contributed by atoms with Crippen molar-refractivity contribution in [1.29, 1.82) is 0 Å². The Bertz CT molecular complexity index is 1090. The Kier molecular flexibility index (Phi) is 7.81. The van der Waals surface area contributed by atoms with Crippen LogP contribution in [0.2, 0.25) is 0 Å². The Hall–Kier alpha value is -2.98. The lowest BCUT2D eigenvalue weighted by Gasteiger charge is -2.21. The van der Waals surface area contributed by atoms with E-state index in [-0.39, 0.29) is 12.5 Å². The van der Waals surface area contributed by atoms with Crippen LogP contribution in [0, 0.1) is 6.92 Å². The van der Waals surface area contributed by atoms with Crippen LogP contribution in [0.15, 0.2) is 30.3 Å². The first-order chi connectivity index (χ1) is 15.3. The van der Waals surface area contributed by atoms with Gasteiger partial charge in [-0.2, -0.15) is 0 Å². The third-order valence-corrected chi connectivity index (χ3v) is 6.90. The van der Waals surface area contributed by atoms with Gasteiger partial charge in [-0.3, -0.25) is 9.59 Å². The molecule has 0 fully saturated rings. The van der Waals surface area contributed by atoms with Crippen molar-refractivity contribution in [1.82, 2.24) is 9.88 Å². The standard InChI is InChI=1S/C22H26N4O4S2/c1-5-10-26(12-18(27)23-15-9-7-6-8-14(15)2)19(28)13-30-21(29)17-11-16-20(31-17)24-22(32-16)25(3)4/h6-9,11H,5,10,12-13H2,1-4H3,(H,23,27). The number of hydrogen-bond acceptors (Lipinski definition) is 8. The highest BCUT2D eigenvalue weighted by Gasteiger charge is 2.21. The number of para-hydroxylation sites is 1. The molecule has 0 aliphatic rings. The smallest absolute Gasteiger partial charge is 0.348 e. The maximum Gasteiger partial charge on any atom is 0.348 e. The van der Waals surface area contributed by atoms with Gasteiger partial charge in [-0.15, -0.1) is 11.3 Å². The molecule has 2 heterocycles. The fourth-order valence-corrected chi connectivity index (χ4v) is 4.97. The molecule has 2 amide bonds. The normalized spacial score (nSPS) is 10.8. The number of rotatable bonds is 9. The molecule has 1 aromatic carbocycles. The number of aryl methyl sites for hydroxylation is 1. The zero-order valence-electron chi connectivity index (χ0n) is 18.5. The number of amides is 2. The predicted molar refractivity (Wildman–Crippen MR) is 129 cm³/mol. The largest absolute Gasteiger partial charge is 0.451 e. The molecule has 0 aliphatic carbocycles. The summed E-state index contributed by atoms with van der Waals surface area (Å²) in [6.07, 6.45) is 0.679. The fourth-order valence-electron chi connectivity index (χ4n) is 2.94. The summed E-state index contributed by atoms with van der Waals surface area (Å²) in [5.41, 5.74) is 1.64. The van der Waals surface area contributed by atoms with Crippen LogP contribution >= 0.6 is 22.7 Å². The number of benzene rings is 1. The van der Waals surface area contributed by atoms with E-state index in [4.69, 9.17) is 4.74 Å². The minimum atomic E-state index is -0.569. The number of aromatic nitrogens is 1. The number of nitrogens with zero attached hydrogens (tertiary/aromatic N) is 3. The van der Waals surface area contributed by atoms with Crippen LogP contribution < -0.4 is 10.2 Å². The van der Waals surface area contributed by atoms with Crippen LogP contribution in [0.1, 0.15) is 28.6 Å². The van der Waals surface area contributed by atoms with E-state index in [2.05, 4.69) is 10.3 Å². The lowest BCUT2D eigenvalue weighted by molar-refractivity contribution is -0.137. The number of fused-ring (bicyclic) bond motifs is 1. The summed E-state index contributed by atoms with van der Waals surface area (Å²) in [6.45, 7) is 3.68. The monoisotopic (exact) mass is 474 g/mol. The van der Waals surface area contributed by atoms with E-state index in [1.54, 1.807) is 6.07 Å². The van der Waals surface area contributed by atoms with Crippen molar-refractivity contribution in [2.45, 2.75) is 20.3 Å². The first-order valence-corrected chi connectivity index (χ1v) is 11.8. The molecule has 0 spiro atoms. The first-order valence-electron chi connectivity index (χ1n) is 10.2. The fraction of sp³-hybridized carbons (Fsp3) is 0.364. The molecule has 0 atom stereocenters. The zero-order chi connectivity index (χ0) is 23.3. The van der Waals surface area contributed by atoms with E-state index in [0.29, 0.717) is 23.5 Å².